The van der Waals surface area contributed by atoms with Gasteiger partial charge in [0.25, 0.3) is 11.8 Å². The Morgan fingerprint density at radius 2 is 1.55 bits per heavy atom. The Bertz CT molecular complexity index is 2560. The van der Waals surface area contributed by atoms with Crippen LogP contribution in [0.4, 0.5) is 15.8 Å². The molecule has 0 atom stereocenters. The highest BCUT2D eigenvalue weighted by Gasteiger charge is 2.27. The molecule has 0 unspecified atom stereocenters. The van der Waals surface area contributed by atoms with Gasteiger partial charge in [0.1, 0.15) is 22.7 Å². The summed E-state index contributed by atoms with van der Waals surface area (Å²) in [5, 5.41) is 5.97. The van der Waals surface area contributed by atoms with Crippen LogP contribution in [0.25, 0.3) is 56.0 Å². The first kappa shape index (κ1) is 33.2. The van der Waals surface area contributed by atoms with Crippen molar-refractivity contribution in [3.8, 4) is 33.9 Å². The summed E-state index contributed by atoms with van der Waals surface area (Å²) in [7, 11) is -0.771. The van der Waals surface area contributed by atoms with Gasteiger partial charge in [0.15, 0.2) is 5.58 Å². The molecule has 12 heteroatoms. The van der Waals surface area contributed by atoms with E-state index in [9.17, 15) is 22.4 Å². The Morgan fingerprint density at radius 3 is 2.27 bits per heavy atom. The summed E-state index contributed by atoms with van der Waals surface area (Å²) < 4.78 is 53.8. The van der Waals surface area contributed by atoms with E-state index in [0.29, 0.717) is 61.6 Å². The predicted octanol–water partition coefficient (Wildman–Crippen LogP) is 8.11. The summed E-state index contributed by atoms with van der Waals surface area (Å²) in [4.78, 5) is 30.7. The Hall–Kier alpha value is -6.27. The van der Waals surface area contributed by atoms with Gasteiger partial charge in [-0.15, -0.1) is 0 Å². The summed E-state index contributed by atoms with van der Waals surface area (Å²) in [6.07, 6.45) is 0. The maximum atomic E-state index is 13.8. The fourth-order valence-corrected chi connectivity index (χ4v) is 6.70. The number of nitrogens with one attached hydrogen (secondary N) is 2. The highest BCUT2D eigenvalue weighted by atomic mass is 32.2. The van der Waals surface area contributed by atoms with E-state index in [4.69, 9.17) is 8.83 Å². The summed E-state index contributed by atoms with van der Waals surface area (Å²) >= 11 is 0. The maximum absolute atomic E-state index is 13.8. The number of sulfonamides is 1. The van der Waals surface area contributed by atoms with E-state index < -0.39 is 21.7 Å². The molecule has 2 aromatic heterocycles. The van der Waals surface area contributed by atoms with Gasteiger partial charge in [0.2, 0.25) is 15.9 Å². The number of carbonyl (C=O) groups is 2. The molecule has 10 nitrogen and oxygen atoms in total. The largest absolute Gasteiger partial charge is 0.455 e. The van der Waals surface area contributed by atoms with E-state index in [0.717, 1.165) is 0 Å². The molecule has 7 aromatic rings. The van der Waals surface area contributed by atoms with Gasteiger partial charge in [-0.1, -0.05) is 30.3 Å². The number of aromatic nitrogens is 1. The minimum atomic E-state index is -3.73. The third kappa shape index (κ3) is 6.32. The molecule has 2 amide bonds. The quantitative estimate of drug-likeness (QED) is 0.155. The van der Waals surface area contributed by atoms with E-state index >= 15 is 0 Å². The van der Waals surface area contributed by atoms with Gasteiger partial charge in [-0.05, 0) is 79.2 Å². The van der Waals surface area contributed by atoms with Crippen molar-refractivity contribution >= 4 is 55.3 Å². The number of nitrogens with zero attached hydrogens (tertiary/aromatic N) is 2. The number of amides is 2. The SMILES string of the molecule is CCS(=O)(=O)N(C)c1cc2oc(-c3ccc(F)cc3)c(C(=O)NC)c2cc1-c1cccc(-c2nc3ccc(NC(=O)c4ccccc4)cc3o2)c1. The number of oxazole rings is 1. The van der Waals surface area contributed by atoms with Gasteiger partial charge in [-0.25, -0.2) is 17.8 Å². The number of anilines is 2. The number of hydrogen-bond acceptors (Lipinski definition) is 7. The van der Waals surface area contributed by atoms with Crippen molar-refractivity contribution in [2.24, 2.45) is 0 Å². The number of furan rings is 1. The fraction of sp³-hybridized carbons (Fsp3) is 0.103. The molecule has 0 spiro atoms. The van der Waals surface area contributed by atoms with Crippen molar-refractivity contribution in [2.45, 2.75) is 6.92 Å². The average Bonchev–Trinajstić information content (AvgIpc) is 3.76. The molecule has 0 fully saturated rings. The summed E-state index contributed by atoms with van der Waals surface area (Å²) in [5.74, 6) is -0.758. The van der Waals surface area contributed by atoms with Crippen molar-refractivity contribution in [1.29, 1.82) is 0 Å². The van der Waals surface area contributed by atoms with Gasteiger partial charge in [-0.2, -0.15) is 0 Å². The average molecular weight is 703 g/mol. The molecule has 256 valence electrons. The highest BCUT2D eigenvalue weighted by Crippen LogP contribution is 2.42. The lowest BCUT2D eigenvalue weighted by Gasteiger charge is -2.22. The van der Waals surface area contributed by atoms with Crippen LogP contribution in [0.1, 0.15) is 27.6 Å². The van der Waals surface area contributed by atoms with Crippen LogP contribution in [-0.4, -0.2) is 45.1 Å². The molecule has 0 aliphatic rings. The summed E-state index contributed by atoms with van der Waals surface area (Å²) in [6, 6.07) is 30.2. The first-order valence-corrected chi connectivity index (χ1v) is 17.6. The highest BCUT2D eigenvalue weighted by molar-refractivity contribution is 7.92. The van der Waals surface area contributed by atoms with Crippen LogP contribution in [0, 0.1) is 5.82 Å². The van der Waals surface area contributed by atoms with Crippen molar-refractivity contribution < 1.29 is 31.2 Å². The molecule has 51 heavy (non-hydrogen) atoms. The minimum absolute atomic E-state index is 0.153. The van der Waals surface area contributed by atoms with Gasteiger partial charge in [-0.3, -0.25) is 13.9 Å². The van der Waals surface area contributed by atoms with Crippen LogP contribution in [0.15, 0.2) is 118 Å². The number of rotatable bonds is 9. The predicted molar refractivity (Wildman–Crippen MR) is 196 cm³/mol. The first-order valence-electron chi connectivity index (χ1n) is 16.0. The lowest BCUT2D eigenvalue weighted by molar-refractivity contribution is 0.0963. The second-order valence-electron chi connectivity index (χ2n) is 11.7. The van der Waals surface area contributed by atoms with E-state index in [1.54, 1.807) is 67.6 Å². The lowest BCUT2D eigenvalue weighted by atomic mass is 9.97. The van der Waals surface area contributed by atoms with E-state index in [1.807, 2.05) is 24.3 Å². The minimum Gasteiger partial charge on any atom is -0.455 e. The Kier molecular flexibility index (Phi) is 8.61. The molecule has 0 bridgehead atoms. The number of hydrogen-bond donors (Lipinski definition) is 2. The van der Waals surface area contributed by atoms with E-state index in [2.05, 4.69) is 15.6 Å². The fourth-order valence-electron chi connectivity index (χ4n) is 5.86. The van der Waals surface area contributed by atoms with Gasteiger partial charge in [0, 0.05) is 59.6 Å². The Balaban J connectivity index is 1.34. The monoisotopic (exact) mass is 702 g/mol. The topological polar surface area (TPSA) is 135 Å². The number of fused-ring (bicyclic) bond motifs is 2. The van der Waals surface area contributed by atoms with Crippen LogP contribution in [0.3, 0.4) is 0 Å². The van der Waals surface area contributed by atoms with Crippen molar-refractivity contribution in [3.05, 3.63) is 126 Å². The summed E-state index contributed by atoms with van der Waals surface area (Å²) in [5.41, 5.74) is 5.11. The van der Waals surface area contributed by atoms with Crippen LogP contribution in [-0.2, 0) is 10.0 Å². The van der Waals surface area contributed by atoms with Crippen molar-refractivity contribution in [2.75, 3.05) is 29.5 Å². The second-order valence-corrected chi connectivity index (χ2v) is 14.0. The molecule has 0 saturated heterocycles. The molecule has 7 rings (SSSR count). The van der Waals surface area contributed by atoms with Gasteiger partial charge < -0.3 is 19.5 Å². The standard InChI is InChI=1S/C39H31FN4O6S/c1-4-51(47,48)44(3)32-22-33-30(35(38(46)41-2)36(49-33)23-13-15-27(40)16-14-23)21-29(32)25-11-8-12-26(19-25)39-43-31-18-17-28(20-34(31)50-39)42-37(45)24-9-6-5-7-10-24/h5-22H,4H2,1-3H3,(H,41,46)(H,42,45). The molecule has 2 heterocycles. The normalized spacial score (nSPS) is 11.5. The molecule has 0 radical (unpaired) electrons. The van der Waals surface area contributed by atoms with Crippen molar-refractivity contribution in [3.63, 3.8) is 0 Å². The first-order chi connectivity index (χ1) is 24.6. The zero-order valence-corrected chi connectivity index (χ0v) is 28.5. The molecule has 0 aliphatic carbocycles. The van der Waals surface area contributed by atoms with Crippen LogP contribution < -0.4 is 14.9 Å². The lowest BCUT2D eigenvalue weighted by Crippen LogP contribution is -2.28. The summed E-state index contributed by atoms with van der Waals surface area (Å²) in [6.45, 7) is 1.56. The molecule has 0 saturated carbocycles. The van der Waals surface area contributed by atoms with E-state index in [1.165, 1.54) is 42.7 Å². The molecular formula is C39H31FN4O6S. The molecule has 2 N–H and O–H groups in total. The number of carbonyl (C=O) groups excluding carboxylic acids is 2. The molecular weight excluding hydrogens is 672 g/mol. The van der Waals surface area contributed by atoms with Crippen LogP contribution in [0.2, 0.25) is 0 Å². The van der Waals surface area contributed by atoms with Crippen LogP contribution in [0.5, 0.6) is 0 Å². The van der Waals surface area contributed by atoms with E-state index in [-0.39, 0.29) is 28.6 Å². The smallest absolute Gasteiger partial charge is 0.255 e. The second kappa shape index (κ2) is 13.2. The zero-order valence-electron chi connectivity index (χ0n) is 27.7. The van der Waals surface area contributed by atoms with Crippen LogP contribution >= 0.6 is 0 Å². The third-order valence-electron chi connectivity index (χ3n) is 8.59. The maximum Gasteiger partial charge on any atom is 0.255 e. The van der Waals surface area contributed by atoms with Gasteiger partial charge in [0.05, 0.1) is 17.0 Å². The Labute approximate surface area is 292 Å². The number of benzene rings is 5. The molecule has 0 aliphatic heterocycles. The third-order valence-corrected chi connectivity index (χ3v) is 10.4. The number of halogens is 1. The van der Waals surface area contributed by atoms with Crippen molar-refractivity contribution in [1.82, 2.24) is 10.3 Å². The van der Waals surface area contributed by atoms with Gasteiger partial charge >= 0.3 is 0 Å². The zero-order chi connectivity index (χ0) is 35.9. The Morgan fingerprint density at radius 1 is 0.804 bits per heavy atom. The molecule has 5 aromatic carbocycles.